The van der Waals surface area contributed by atoms with Gasteiger partial charge in [-0.3, -0.25) is 0 Å². The van der Waals surface area contributed by atoms with Crippen molar-refractivity contribution in [2.24, 2.45) is 0 Å². The Morgan fingerprint density at radius 1 is 0.442 bits per heavy atom. The summed E-state index contributed by atoms with van der Waals surface area (Å²) in [4.78, 5) is 0. The summed E-state index contributed by atoms with van der Waals surface area (Å²) < 4.78 is 0. The maximum Gasteiger partial charge on any atom is 0.116 e. The average molecular weight is 551 g/mol. The topological polar surface area (TPSA) is 20.2 Å². The maximum atomic E-state index is 9.98. The molecule has 0 heterocycles. The molecule has 43 heavy (non-hydrogen) atoms. The molecule has 204 valence electrons. The molecular formula is C42H30O. The highest BCUT2D eigenvalue weighted by Crippen LogP contribution is 2.38. The van der Waals surface area contributed by atoms with Crippen molar-refractivity contribution < 1.29 is 5.11 Å². The van der Waals surface area contributed by atoms with Crippen LogP contribution in [0.25, 0.3) is 60.1 Å². The fraction of sp³-hybridized carbons (Fsp3) is 0.0476. The van der Waals surface area contributed by atoms with E-state index in [1.54, 1.807) is 6.07 Å². The van der Waals surface area contributed by atoms with E-state index < -0.39 is 0 Å². The fourth-order valence-electron chi connectivity index (χ4n) is 6.71. The summed E-state index contributed by atoms with van der Waals surface area (Å²) in [5, 5.41) is 17.8. The predicted molar refractivity (Wildman–Crippen MR) is 182 cm³/mol. The summed E-state index contributed by atoms with van der Waals surface area (Å²) in [6.45, 7) is 0. The Morgan fingerprint density at radius 3 is 1.72 bits per heavy atom. The second-order valence-electron chi connectivity index (χ2n) is 11.5. The minimum atomic E-state index is 0.285. The van der Waals surface area contributed by atoms with Crippen LogP contribution in [-0.4, -0.2) is 5.11 Å². The predicted octanol–water partition coefficient (Wildman–Crippen LogP) is 11.3. The van der Waals surface area contributed by atoms with E-state index in [9.17, 15) is 5.11 Å². The molecule has 1 nitrogen and oxygen atoms in total. The number of hydrogen-bond acceptors (Lipinski definition) is 1. The molecule has 0 radical (unpaired) electrons. The van der Waals surface area contributed by atoms with Gasteiger partial charge in [0.15, 0.2) is 0 Å². The van der Waals surface area contributed by atoms with Crippen LogP contribution in [0.2, 0.25) is 0 Å². The van der Waals surface area contributed by atoms with Gasteiger partial charge in [0.05, 0.1) is 0 Å². The number of aromatic hydroxyl groups is 1. The molecule has 0 saturated heterocycles. The Balaban J connectivity index is 1.17. The summed E-state index contributed by atoms with van der Waals surface area (Å²) in [6, 6.07) is 49.5. The number of benzene rings is 7. The largest absolute Gasteiger partial charge is 0.508 e. The first-order valence-corrected chi connectivity index (χ1v) is 14.9. The van der Waals surface area contributed by atoms with E-state index in [2.05, 4.69) is 133 Å². The maximum absolute atomic E-state index is 9.98. The van der Waals surface area contributed by atoms with Crippen molar-refractivity contribution in [3.8, 4) is 28.0 Å². The van der Waals surface area contributed by atoms with E-state index in [4.69, 9.17) is 0 Å². The number of hydrogen-bond donors (Lipinski definition) is 1. The molecule has 7 aromatic carbocycles. The molecule has 1 unspecified atom stereocenters. The van der Waals surface area contributed by atoms with Gasteiger partial charge in [0.1, 0.15) is 5.75 Å². The van der Waals surface area contributed by atoms with E-state index in [0.717, 1.165) is 17.5 Å². The van der Waals surface area contributed by atoms with Crippen LogP contribution in [0.3, 0.4) is 0 Å². The summed E-state index contributed by atoms with van der Waals surface area (Å²) in [5.74, 6) is 0.585. The van der Waals surface area contributed by atoms with Crippen molar-refractivity contribution in [2.45, 2.75) is 12.3 Å². The van der Waals surface area contributed by atoms with Crippen LogP contribution in [0.5, 0.6) is 5.75 Å². The minimum absolute atomic E-state index is 0.285. The van der Waals surface area contributed by atoms with Gasteiger partial charge in [-0.15, -0.1) is 0 Å². The number of rotatable bonds is 4. The molecule has 1 aliphatic carbocycles. The SMILES string of the molecule is Oc1cccc(-c2cccc(C3=CC(c4cccc(-c5ccc6c7ccccc7c7ccccc7c6c5)c4)CC=C3)c2)c1. The lowest BCUT2D eigenvalue weighted by Crippen LogP contribution is -2.00. The molecule has 1 N–H and O–H groups in total. The molecule has 0 saturated carbocycles. The number of phenolic OH excluding ortho intramolecular Hbond substituents is 1. The highest BCUT2D eigenvalue weighted by Gasteiger charge is 2.15. The second kappa shape index (κ2) is 10.5. The molecule has 1 aliphatic rings. The fourth-order valence-corrected chi connectivity index (χ4v) is 6.71. The quantitative estimate of drug-likeness (QED) is 0.216. The lowest BCUT2D eigenvalue weighted by molar-refractivity contribution is 0.475. The van der Waals surface area contributed by atoms with E-state index in [0.29, 0.717) is 5.92 Å². The van der Waals surface area contributed by atoms with E-state index in [1.807, 2.05) is 18.2 Å². The molecule has 0 aliphatic heterocycles. The molecule has 8 rings (SSSR count). The van der Waals surface area contributed by atoms with Gasteiger partial charge in [-0.05, 0) is 102 Å². The van der Waals surface area contributed by atoms with E-state index >= 15 is 0 Å². The Labute approximate surface area is 251 Å². The highest BCUT2D eigenvalue weighted by molar-refractivity contribution is 6.25. The highest BCUT2D eigenvalue weighted by atomic mass is 16.3. The summed E-state index contributed by atoms with van der Waals surface area (Å²) in [7, 11) is 0. The van der Waals surface area contributed by atoms with Crippen LogP contribution >= 0.6 is 0 Å². The molecule has 0 spiro atoms. The molecule has 0 aromatic heterocycles. The van der Waals surface area contributed by atoms with Crippen molar-refractivity contribution in [1.29, 1.82) is 0 Å². The Morgan fingerprint density at radius 2 is 1.00 bits per heavy atom. The van der Waals surface area contributed by atoms with Crippen molar-refractivity contribution in [3.63, 3.8) is 0 Å². The standard InChI is InChI=1S/C42H30O/c43-36-16-8-15-34(26-36)32-13-6-11-30(24-32)28-9-5-10-29(23-28)31-12-7-14-33(25-31)35-21-22-41-39-19-2-1-17-37(39)38-18-3-4-20-40(38)42(41)27-35/h1-9,11-27,29,43H,10H2. The number of phenols is 1. The third kappa shape index (κ3) is 4.60. The normalized spacial score (nSPS) is 14.8. The van der Waals surface area contributed by atoms with Crippen LogP contribution in [0.4, 0.5) is 0 Å². The molecule has 7 aromatic rings. The van der Waals surface area contributed by atoms with Crippen LogP contribution in [0.15, 0.2) is 158 Å². The first-order valence-electron chi connectivity index (χ1n) is 14.9. The zero-order chi connectivity index (χ0) is 28.8. The molecule has 0 fully saturated rings. The van der Waals surface area contributed by atoms with Crippen LogP contribution in [0.1, 0.15) is 23.5 Å². The molecular weight excluding hydrogens is 520 g/mol. The molecule has 0 amide bonds. The van der Waals surface area contributed by atoms with Gasteiger partial charge in [0, 0.05) is 5.92 Å². The van der Waals surface area contributed by atoms with Gasteiger partial charge in [-0.2, -0.15) is 0 Å². The van der Waals surface area contributed by atoms with Crippen molar-refractivity contribution in [1.82, 2.24) is 0 Å². The third-order valence-electron chi connectivity index (χ3n) is 8.84. The van der Waals surface area contributed by atoms with Gasteiger partial charge in [0.2, 0.25) is 0 Å². The van der Waals surface area contributed by atoms with Crippen LogP contribution < -0.4 is 0 Å². The Bertz CT molecular complexity index is 2200. The first-order chi connectivity index (χ1) is 21.2. The summed E-state index contributed by atoms with van der Waals surface area (Å²) >= 11 is 0. The minimum Gasteiger partial charge on any atom is -0.508 e. The van der Waals surface area contributed by atoms with E-state index in [-0.39, 0.29) is 5.75 Å². The number of fused-ring (bicyclic) bond motifs is 6. The van der Waals surface area contributed by atoms with E-state index in [1.165, 1.54) is 60.1 Å². The smallest absolute Gasteiger partial charge is 0.116 e. The monoisotopic (exact) mass is 550 g/mol. The third-order valence-corrected chi connectivity index (χ3v) is 8.84. The zero-order valence-corrected chi connectivity index (χ0v) is 23.7. The van der Waals surface area contributed by atoms with Gasteiger partial charge in [-0.25, -0.2) is 0 Å². The second-order valence-corrected chi connectivity index (χ2v) is 11.5. The zero-order valence-electron chi connectivity index (χ0n) is 23.7. The van der Waals surface area contributed by atoms with Crippen LogP contribution in [-0.2, 0) is 0 Å². The Hall–Kier alpha value is -5.40. The summed E-state index contributed by atoms with van der Waals surface area (Å²) in [5.41, 5.74) is 8.34. The van der Waals surface area contributed by atoms with Crippen molar-refractivity contribution in [2.75, 3.05) is 0 Å². The number of allylic oxidation sites excluding steroid dienone is 4. The molecule has 0 bridgehead atoms. The van der Waals surface area contributed by atoms with Crippen molar-refractivity contribution >= 4 is 37.9 Å². The van der Waals surface area contributed by atoms with Gasteiger partial charge >= 0.3 is 0 Å². The molecule has 1 atom stereocenters. The first kappa shape index (κ1) is 25.3. The lowest BCUT2D eigenvalue weighted by Gasteiger charge is -2.19. The van der Waals surface area contributed by atoms with Crippen molar-refractivity contribution in [3.05, 3.63) is 169 Å². The summed E-state index contributed by atoms with van der Waals surface area (Å²) in [6.07, 6.45) is 7.91. The van der Waals surface area contributed by atoms with Gasteiger partial charge < -0.3 is 5.11 Å². The van der Waals surface area contributed by atoms with Gasteiger partial charge in [0.25, 0.3) is 0 Å². The Kier molecular flexibility index (Phi) is 6.16. The average Bonchev–Trinajstić information content (AvgIpc) is 3.08. The van der Waals surface area contributed by atoms with Crippen LogP contribution in [0, 0.1) is 0 Å². The molecule has 1 heteroatoms. The van der Waals surface area contributed by atoms with Gasteiger partial charge in [-0.1, -0.05) is 133 Å². The lowest BCUT2D eigenvalue weighted by atomic mass is 9.85.